The third kappa shape index (κ3) is 4.53. The number of anilines is 1. The Labute approximate surface area is 115 Å². The minimum absolute atomic E-state index is 0.0200. The fraction of sp³-hybridized carbons (Fsp3) is 0.846. The Morgan fingerprint density at radius 2 is 2.00 bits per heavy atom. The van der Waals surface area contributed by atoms with E-state index in [2.05, 4.69) is 48.9 Å². The largest absolute Gasteiger partial charge is 0.347 e. The Hall–Kier alpha value is -0.680. The maximum Gasteiger partial charge on any atom is 0.205 e. The molecule has 1 aromatic heterocycles. The van der Waals surface area contributed by atoms with Crippen LogP contribution in [0.1, 0.15) is 46.9 Å². The number of hydrogen-bond acceptors (Lipinski definition) is 5. The van der Waals surface area contributed by atoms with Gasteiger partial charge in [-0.05, 0) is 18.9 Å². The van der Waals surface area contributed by atoms with Gasteiger partial charge in [0.2, 0.25) is 5.13 Å². The van der Waals surface area contributed by atoms with Gasteiger partial charge in [-0.2, -0.15) is 4.37 Å². The third-order valence-corrected chi connectivity index (χ3v) is 3.35. The Morgan fingerprint density at radius 3 is 2.44 bits per heavy atom. The van der Waals surface area contributed by atoms with Gasteiger partial charge in [0.1, 0.15) is 5.82 Å². The smallest absolute Gasteiger partial charge is 0.205 e. The first-order chi connectivity index (χ1) is 8.34. The van der Waals surface area contributed by atoms with Crippen LogP contribution >= 0.6 is 11.5 Å². The van der Waals surface area contributed by atoms with Crippen LogP contribution in [0.2, 0.25) is 0 Å². The zero-order valence-corrected chi connectivity index (χ0v) is 13.0. The Morgan fingerprint density at radius 1 is 1.33 bits per heavy atom. The molecule has 0 unspecified atom stereocenters. The molecule has 0 amide bonds. The van der Waals surface area contributed by atoms with Crippen LogP contribution in [0.3, 0.4) is 0 Å². The molecule has 1 rings (SSSR count). The lowest BCUT2D eigenvalue weighted by molar-refractivity contribution is 0.551. The molecule has 0 fully saturated rings. The zero-order chi connectivity index (χ0) is 13.8. The average molecular weight is 270 g/mol. The summed E-state index contributed by atoms with van der Waals surface area (Å²) in [5.41, 5.74) is 5.62. The lowest BCUT2D eigenvalue weighted by atomic mass is 9.96. The summed E-state index contributed by atoms with van der Waals surface area (Å²) >= 11 is 1.50. The summed E-state index contributed by atoms with van der Waals surface area (Å²) in [4.78, 5) is 6.99. The second-order valence-corrected chi connectivity index (χ2v) is 6.86. The van der Waals surface area contributed by atoms with E-state index < -0.39 is 0 Å². The normalized spacial score (nSPS) is 12.2. The van der Waals surface area contributed by atoms with Crippen molar-refractivity contribution in [1.82, 2.24) is 9.36 Å². The van der Waals surface area contributed by atoms with E-state index in [1.54, 1.807) is 0 Å². The minimum Gasteiger partial charge on any atom is -0.347 e. The van der Waals surface area contributed by atoms with Gasteiger partial charge in [-0.1, -0.05) is 34.6 Å². The van der Waals surface area contributed by atoms with Gasteiger partial charge in [0.15, 0.2) is 0 Å². The summed E-state index contributed by atoms with van der Waals surface area (Å²) in [5.74, 6) is 1.55. The van der Waals surface area contributed by atoms with Crippen molar-refractivity contribution < 1.29 is 0 Å². The summed E-state index contributed by atoms with van der Waals surface area (Å²) in [6, 6.07) is 0. The van der Waals surface area contributed by atoms with Crippen LogP contribution in [-0.2, 0) is 5.41 Å². The number of aromatic nitrogens is 2. The van der Waals surface area contributed by atoms with Crippen molar-refractivity contribution in [3.05, 3.63) is 5.82 Å². The summed E-state index contributed by atoms with van der Waals surface area (Å²) < 4.78 is 4.48. The molecule has 2 N–H and O–H groups in total. The molecule has 104 valence electrons. The van der Waals surface area contributed by atoms with Crippen molar-refractivity contribution in [3.8, 4) is 0 Å². The van der Waals surface area contributed by atoms with Crippen LogP contribution in [0.15, 0.2) is 0 Å². The maximum atomic E-state index is 5.60. The van der Waals surface area contributed by atoms with Crippen molar-refractivity contribution in [1.29, 1.82) is 0 Å². The van der Waals surface area contributed by atoms with Gasteiger partial charge in [0.25, 0.3) is 0 Å². The highest BCUT2D eigenvalue weighted by Gasteiger charge is 2.21. The molecule has 0 aromatic carbocycles. The highest BCUT2D eigenvalue weighted by molar-refractivity contribution is 7.09. The molecule has 0 bridgehead atoms. The van der Waals surface area contributed by atoms with Crippen molar-refractivity contribution in [3.63, 3.8) is 0 Å². The molecule has 0 aliphatic rings. The number of nitrogens with zero attached hydrogens (tertiary/aromatic N) is 3. The molecular weight excluding hydrogens is 244 g/mol. The number of hydrogen-bond donors (Lipinski definition) is 1. The van der Waals surface area contributed by atoms with Crippen LogP contribution in [0, 0.1) is 5.92 Å². The summed E-state index contributed by atoms with van der Waals surface area (Å²) in [6.07, 6.45) is 0.997. The molecule has 0 spiro atoms. The van der Waals surface area contributed by atoms with Crippen LogP contribution in [0.5, 0.6) is 0 Å². The first-order valence-corrected chi connectivity index (χ1v) is 7.41. The molecule has 1 heterocycles. The lowest BCUT2D eigenvalue weighted by Gasteiger charge is -2.23. The predicted octanol–water partition coefficient (Wildman–Crippen LogP) is 2.65. The molecule has 0 saturated carbocycles. The van der Waals surface area contributed by atoms with Gasteiger partial charge in [0.05, 0.1) is 0 Å². The van der Waals surface area contributed by atoms with E-state index in [0.29, 0.717) is 5.92 Å². The van der Waals surface area contributed by atoms with Crippen molar-refractivity contribution >= 4 is 16.7 Å². The Kier molecular flexibility index (Phi) is 5.53. The van der Waals surface area contributed by atoms with Crippen molar-refractivity contribution in [2.24, 2.45) is 11.7 Å². The summed E-state index contributed by atoms with van der Waals surface area (Å²) in [6.45, 7) is 13.6. The Bertz CT molecular complexity index is 354. The van der Waals surface area contributed by atoms with E-state index in [1.807, 2.05) is 0 Å². The van der Waals surface area contributed by atoms with E-state index >= 15 is 0 Å². The third-order valence-electron chi connectivity index (χ3n) is 2.57. The zero-order valence-electron chi connectivity index (χ0n) is 12.2. The molecule has 18 heavy (non-hydrogen) atoms. The minimum atomic E-state index is 0.0200. The average Bonchev–Trinajstić information content (AvgIpc) is 2.72. The standard InChI is InChI=1S/C13H26N4S/c1-10(2)9-17(8-6-7-14)12-15-11(16-18-12)13(3,4)5/h10H,6-9,14H2,1-5H3. The monoisotopic (exact) mass is 270 g/mol. The molecule has 0 saturated heterocycles. The van der Waals surface area contributed by atoms with E-state index in [1.165, 1.54) is 11.5 Å². The topological polar surface area (TPSA) is 55.0 Å². The van der Waals surface area contributed by atoms with Gasteiger partial charge >= 0.3 is 0 Å². The Balaban J connectivity index is 2.81. The number of rotatable bonds is 6. The molecule has 1 aromatic rings. The maximum absolute atomic E-state index is 5.60. The summed E-state index contributed by atoms with van der Waals surface area (Å²) in [5, 5.41) is 1.03. The molecule has 0 aliphatic heterocycles. The highest BCUT2D eigenvalue weighted by atomic mass is 32.1. The number of nitrogens with two attached hydrogens (primary N) is 1. The second-order valence-electron chi connectivity index (χ2n) is 6.13. The van der Waals surface area contributed by atoms with Gasteiger partial charge in [-0.25, -0.2) is 4.98 Å². The fourth-order valence-electron chi connectivity index (χ4n) is 1.64. The SMILES string of the molecule is CC(C)CN(CCCN)c1nc(C(C)(C)C)ns1. The molecular formula is C13H26N4S. The van der Waals surface area contributed by atoms with Gasteiger partial charge in [-0.3, -0.25) is 0 Å². The molecule has 0 aliphatic carbocycles. The highest BCUT2D eigenvalue weighted by Crippen LogP contribution is 2.25. The fourth-order valence-corrected chi connectivity index (χ4v) is 2.53. The van der Waals surface area contributed by atoms with E-state index in [-0.39, 0.29) is 5.41 Å². The van der Waals surface area contributed by atoms with E-state index in [0.717, 1.165) is 37.0 Å². The van der Waals surface area contributed by atoms with Crippen LogP contribution in [0.4, 0.5) is 5.13 Å². The second kappa shape index (κ2) is 6.48. The van der Waals surface area contributed by atoms with Crippen LogP contribution < -0.4 is 10.6 Å². The molecule has 4 nitrogen and oxygen atoms in total. The van der Waals surface area contributed by atoms with E-state index in [9.17, 15) is 0 Å². The van der Waals surface area contributed by atoms with Crippen molar-refractivity contribution in [2.75, 3.05) is 24.5 Å². The first kappa shape index (κ1) is 15.4. The molecule has 5 heteroatoms. The first-order valence-electron chi connectivity index (χ1n) is 6.63. The van der Waals surface area contributed by atoms with Crippen LogP contribution in [0.25, 0.3) is 0 Å². The van der Waals surface area contributed by atoms with E-state index in [4.69, 9.17) is 5.73 Å². The molecule has 0 radical (unpaired) electrons. The van der Waals surface area contributed by atoms with Crippen LogP contribution in [-0.4, -0.2) is 29.0 Å². The predicted molar refractivity (Wildman–Crippen MR) is 79.3 cm³/mol. The quantitative estimate of drug-likeness (QED) is 0.863. The summed E-state index contributed by atoms with van der Waals surface area (Å²) in [7, 11) is 0. The molecule has 0 atom stereocenters. The van der Waals surface area contributed by atoms with Crippen molar-refractivity contribution in [2.45, 2.75) is 46.5 Å². The van der Waals surface area contributed by atoms with Gasteiger partial charge < -0.3 is 10.6 Å². The van der Waals surface area contributed by atoms with Gasteiger partial charge in [-0.15, -0.1) is 0 Å². The lowest BCUT2D eigenvalue weighted by Crippen LogP contribution is -2.30. The van der Waals surface area contributed by atoms with Gasteiger partial charge in [0, 0.05) is 30.0 Å².